The first kappa shape index (κ1) is 32.0. The smallest absolute Gasteiger partial charge is 0.334 e. The summed E-state index contributed by atoms with van der Waals surface area (Å²) in [7, 11) is 0. The molecule has 0 aromatic carbocycles. The van der Waals surface area contributed by atoms with Crippen molar-refractivity contribution in [1.29, 1.82) is 0 Å². The number of rotatable bonds is 7. The van der Waals surface area contributed by atoms with Crippen molar-refractivity contribution in [1.82, 2.24) is 0 Å². The molecule has 45 heavy (non-hydrogen) atoms. The van der Waals surface area contributed by atoms with Crippen LogP contribution in [0.1, 0.15) is 87.0 Å². The predicted octanol–water partition coefficient (Wildman–Crippen LogP) is 5.01. The zero-order valence-electron chi connectivity index (χ0n) is 27.6. The van der Waals surface area contributed by atoms with Crippen LogP contribution in [0.5, 0.6) is 0 Å². The van der Waals surface area contributed by atoms with Crippen LogP contribution in [0.15, 0.2) is 34.9 Å². The Balaban J connectivity index is 1.49. The van der Waals surface area contributed by atoms with Crippen LogP contribution in [0.3, 0.4) is 0 Å². The summed E-state index contributed by atoms with van der Waals surface area (Å²) in [5, 5.41) is 9.61. The van der Waals surface area contributed by atoms with Gasteiger partial charge in [0, 0.05) is 48.7 Å². The fraction of sp³-hybridized carbons (Fsp3) is 0.722. The Labute approximate surface area is 265 Å². The number of fused-ring (bicyclic) bond motifs is 5. The summed E-state index contributed by atoms with van der Waals surface area (Å²) in [5.74, 6) is -2.58. The number of carbonyl (C=O) groups excluding carboxylic acids is 4. The van der Waals surface area contributed by atoms with E-state index in [1.165, 1.54) is 6.92 Å². The number of ether oxygens (including phenoxy) is 4. The lowest BCUT2D eigenvalue weighted by Crippen LogP contribution is -2.49. The molecule has 1 N–H and O–H groups in total. The van der Waals surface area contributed by atoms with Crippen molar-refractivity contribution in [3.8, 4) is 0 Å². The maximum atomic E-state index is 14.4. The van der Waals surface area contributed by atoms with Gasteiger partial charge in [-0.1, -0.05) is 51.5 Å². The lowest BCUT2D eigenvalue weighted by atomic mass is 9.56. The topological polar surface area (TPSA) is 125 Å². The minimum Gasteiger partial charge on any atom is -0.461 e. The van der Waals surface area contributed by atoms with Crippen molar-refractivity contribution in [2.45, 2.75) is 111 Å². The van der Waals surface area contributed by atoms with E-state index in [0.29, 0.717) is 44.1 Å². The second-order valence-corrected chi connectivity index (χ2v) is 15.2. The molecule has 2 unspecified atom stereocenters. The monoisotopic (exact) mass is 624 g/mol. The van der Waals surface area contributed by atoms with Crippen molar-refractivity contribution in [3.63, 3.8) is 0 Å². The summed E-state index contributed by atoms with van der Waals surface area (Å²) in [6.07, 6.45) is 4.04. The van der Waals surface area contributed by atoms with Gasteiger partial charge in [0.25, 0.3) is 0 Å². The molecule has 2 aliphatic heterocycles. The number of hydrogen-bond donors (Lipinski definition) is 1. The van der Waals surface area contributed by atoms with Crippen LogP contribution in [-0.2, 0) is 38.1 Å². The zero-order chi connectivity index (χ0) is 32.8. The van der Waals surface area contributed by atoms with Crippen molar-refractivity contribution in [3.05, 3.63) is 34.9 Å². The van der Waals surface area contributed by atoms with E-state index in [9.17, 15) is 24.3 Å². The van der Waals surface area contributed by atoms with Gasteiger partial charge in [0.05, 0.1) is 11.3 Å². The summed E-state index contributed by atoms with van der Waals surface area (Å²) in [6, 6.07) is 0. The van der Waals surface area contributed by atoms with Crippen LogP contribution in [0.4, 0.5) is 0 Å². The summed E-state index contributed by atoms with van der Waals surface area (Å²) in [5.41, 5.74) is 1.07. The Morgan fingerprint density at radius 3 is 2.51 bits per heavy atom. The normalized spacial score (nSPS) is 42.1. The molecule has 4 fully saturated rings. The van der Waals surface area contributed by atoms with Crippen LogP contribution in [0.2, 0.25) is 0 Å². The molecular formula is C36H48O9. The predicted molar refractivity (Wildman–Crippen MR) is 163 cm³/mol. The van der Waals surface area contributed by atoms with Gasteiger partial charge < -0.3 is 24.1 Å². The quantitative estimate of drug-likeness (QED) is 0.180. The van der Waals surface area contributed by atoms with Gasteiger partial charge in [-0.3, -0.25) is 14.4 Å². The molecule has 4 aliphatic carbocycles. The molecular weight excluding hydrogens is 576 g/mol. The van der Waals surface area contributed by atoms with Gasteiger partial charge in [-0.05, 0) is 63.4 Å². The second-order valence-electron chi connectivity index (χ2n) is 15.2. The van der Waals surface area contributed by atoms with Gasteiger partial charge >= 0.3 is 23.9 Å². The first-order valence-electron chi connectivity index (χ1n) is 16.7. The van der Waals surface area contributed by atoms with Crippen LogP contribution in [0, 0.1) is 46.3 Å². The van der Waals surface area contributed by atoms with E-state index in [2.05, 4.69) is 33.4 Å². The molecule has 0 aromatic heterocycles. The fourth-order valence-electron chi connectivity index (χ4n) is 10.4. The molecule has 0 aromatic rings. The molecule has 0 radical (unpaired) electrons. The molecule has 6 rings (SSSR count). The van der Waals surface area contributed by atoms with E-state index in [4.69, 9.17) is 18.9 Å². The Morgan fingerprint density at radius 1 is 1.16 bits per heavy atom. The first-order chi connectivity index (χ1) is 21.1. The number of esters is 4. The zero-order valence-corrected chi connectivity index (χ0v) is 27.6. The highest BCUT2D eigenvalue weighted by Gasteiger charge is 2.79. The SMILES string of the molecule is C=C1C(=O)O[C@@H]2C[C@@H](C)[C@]34C[C@]5(C(=O)O[C@H]6C[C@@](C)(OC(=O)C(C)C)C([C@H](C)CCCO)=CC65)[C@@H](C(C)=C3C[C@@H]12)C4OC(C)=O. The summed E-state index contributed by atoms with van der Waals surface area (Å²) in [6.45, 7) is 17.3. The van der Waals surface area contributed by atoms with Crippen LogP contribution < -0.4 is 0 Å². The van der Waals surface area contributed by atoms with Gasteiger partial charge in [-0.25, -0.2) is 4.79 Å². The van der Waals surface area contributed by atoms with E-state index >= 15 is 0 Å². The van der Waals surface area contributed by atoms with E-state index in [0.717, 1.165) is 16.7 Å². The van der Waals surface area contributed by atoms with Crippen molar-refractivity contribution in [2.75, 3.05) is 6.61 Å². The fourth-order valence-corrected chi connectivity index (χ4v) is 10.4. The standard InChI is InChI=1S/C36H48O9/c1-17(2)31(39)45-34(8)15-28-26(14-24(34)18(3)10-9-11-37)36(33(41)44-28)16-35-19(4)12-27-23(20(5)32(40)43-27)13-25(35)21(6)29(36)30(35)42-22(7)38/h14,17-19,23,26-30,37H,5,9-13,15-16H2,1-4,6-8H3/t18-,19-,23+,26?,27-,28+,29+,30?,34-,35-,36-/m1/s1. The number of carbonyl (C=O) groups is 4. The van der Waals surface area contributed by atoms with Gasteiger partial charge in [0.2, 0.25) is 0 Å². The van der Waals surface area contributed by atoms with Crippen LogP contribution in [-0.4, -0.2) is 59.5 Å². The number of hydrogen-bond acceptors (Lipinski definition) is 9. The Hall–Kier alpha value is -2.94. The van der Waals surface area contributed by atoms with Crippen LogP contribution in [0.25, 0.3) is 0 Å². The maximum Gasteiger partial charge on any atom is 0.334 e. The summed E-state index contributed by atoms with van der Waals surface area (Å²) >= 11 is 0. The molecule has 2 saturated carbocycles. The molecule has 6 aliphatic rings. The van der Waals surface area contributed by atoms with E-state index in [-0.39, 0.29) is 60.2 Å². The average Bonchev–Trinajstić information content (AvgIpc) is 3.53. The lowest BCUT2D eigenvalue weighted by molar-refractivity contribution is -0.164. The third-order valence-corrected chi connectivity index (χ3v) is 12.4. The Kier molecular flexibility index (Phi) is 7.69. The number of aliphatic hydroxyl groups excluding tert-OH is 1. The largest absolute Gasteiger partial charge is 0.461 e. The van der Waals surface area contributed by atoms with Gasteiger partial charge in [0.15, 0.2) is 0 Å². The Morgan fingerprint density at radius 2 is 1.87 bits per heavy atom. The van der Waals surface area contributed by atoms with Gasteiger partial charge in [0.1, 0.15) is 23.9 Å². The molecule has 9 nitrogen and oxygen atoms in total. The van der Waals surface area contributed by atoms with E-state index in [1.807, 2.05) is 6.92 Å². The molecule has 2 bridgehead atoms. The third-order valence-electron chi connectivity index (χ3n) is 12.4. The van der Waals surface area contributed by atoms with Crippen molar-refractivity contribution < 1.29 is 43.2 Å². The van der Waals surface area contributed by atoms with Crippen molar-refractivity contribution in [2.24, 2.45) is 46.3 Å². The molecule has 2 saturated heterocycles. The highest BCUT2D eigenvalue weighted by Crippen LogP contribution is 2.76. The van der Waals surface area contributed by atoms with Gasteiger partial charge in [-0.2, -0.15) is 0 Å². The molecule has 9 heteroatoms. The molecule has 246 valence electrons. The molecule has 2 heterocycles. The third kappa shape index (κ3) is 4.42. The number of aliphatic hydroxyl groups is 1. The van der Waals surface area contributed by atoms with E-state index < -0.39 is 40.5 Å². The van der Waals surface area contributed by atoms with Gasteiger partial charge in [-0.15, -0.1) is 0 Å². The molecule has 2 spiro atoms. The molecule has 0 amide bonds. The van der Waals surface area contributed by atoms with Crippen LogP contribution >= 0.6 is 0 Å². The van der Waals surface area contributed by atoms with Crippen molar-refractivity contribution >= 4 is 23.9 Å². The first-order valence-corrected chi connectivity index (χ1v) is 16.7. The maximum absolute atomic E-state index is 14.4. The Bertz CT molecular complexity index is 1410. The lowest BCUT2D eigenvalue weighted by Gasteiger charge is -2.46. The highest BCUT2D eigenvalue weighted by atomic mass is 16.6. The second kappa shape index (κ2) is 10.8. The molecule has 11 atom stereocenters. The highest BCUT2D eigenvalue weighted by molar-refractivity contribution is 5.91. The summed E-state index contributed by atoms with van der Waals surface area (Å²) < 4.78 is 24.5. The average molecular weight is 625 g/mol. The van der Waals surface area contributed by atoms with E-state index in [1.54, 1.807) is 13.8 Å². The minimum atomic E-state index is -0.971. The summed E-state index contributed by atoms with van der Waals surface area (Å²) in [4.78, 5) is 52.6. The minimum absolute atomic E-state index is 0.0130.